The monoisotopic (exact) mass is 192 g/mol. The number of isocyanates is 1. The smallest absolute Gasteiger partial charge is 0.249 e. The van der Waals surface area contributed by atoms with Gasteiger partial charge in [0.15, 0.2) is 0 Å². The third-order valence-electron chi connectivity index (χ3n) is 2.67. The SMILES string of the molecule is CCN1CCCCC1CC#CN=C=O. The molecule has 0 aromatic rings. The van der Waals surface area contributed by atoms with Gasteiger partial charge in [-0.15, -0.1) is 4.99 Å². The van der Waals surface area contributed by atoms with Crippen molar-refractivity contribution in [2.45, 2.75) is 38.6 Å². The third-order valence-corrected chi connectivity index (χ3v) is 2.67. The molecule has 1 aliphatic rings. The van der Waals surface area contributed by atoms with Gasteiger partial charge in [-0.1, -0.05) is 19.3 Å². The molecule has 1 unspecified atom stereocenters. The molecule has 0 aromatic carbocycles. The van der Waals surface area contributed by atoms with Gasteiger partial charge in [-0.3, -0.25) is 4.90 Å². The van der Waals surface area contributed by atoms with E-state index in [1.54, 1.807) is 0 Å². The fourth-order valence-corrected chi connectivity index (χ4v) is 1.93. The van der Waals surface area contributed by atoms with E-state index in [2.05, 4.69) is 28.8 Å². The normalized spacial score (nSPS) is 21.9. The largest absolute Gasteiger partial charge is 0.300 e. The number of carbonyl (C=O) groups excluding carboxylic acids is 1. The van der Waals surface area contributed by atoms with Gasteiger partial charge in [0, 0.05) is 18.5 Å². The highest BCUT2D eigenvalue weighted by molar-refractivity contribution is 5.36. The van der Waals surface area contributed by atoms with E-state index in [1.807, 2.05) is 0 Å². The second kappa shape index (κ2) is 6.37. The summed E-state index contributed by atoms with van der Waals surface area (Å²) in [4.78, 5) is 15.4. The van der Waals surface area contributed by atoms with Gasteiger partial charge < -0.3 is 0 Å². The van der Waals surface area contributed by atoms with Crippen LogP contribution in [0.25, 0.3) is 0 Å². The average Bonchev–Trinajstić information content (AvgIpc) is 2.25. The molecule has 1 rings (SSSR count). The molecular weight excluding hydrogens is 176 g/mol. The lowest BCUT2D eigenvalue weighted by Gasteiger charge is -2.33. The van der Waals surface area contributed by atoms with E-state index in [-0.39, 0.29) is 0 Å². The van der Waals surface area contributed by atoms with Crippen LogP contribution in [0.15, 0.2) is 4.99 Å². The van der Waals surface area contributed by atoms with Crippen LogP contribution in [0.3, 0.4) is 0 Å². The van der Waals surface area contributed by atoms with E-state index in [0.717, 1.165) is 13.0 Å². The van der Waals surface area contributed by atoms with Crippen molar-refractivity contribution in [3.8, 4) is 12.0 Å². The van der Waals surface area contributed by atoms with Crippen LogP contribution < -0.4 is 0 Å². The number of rotatable bonds is 2. The fourth-order valence-electron chi connectivity index (χ4n) is 1.93. The molecule has 0 spiro atoms. The molecule has 0 N–H and O–H groups in total. The Morgan fingerprint density at radius 3 is 3.07 bits per heavy atom. The van der Waals surface area contributed by atoms with Crippen molar-refractivity contribution >= 4 is 6.08 Å². The van der Waals surface area contributed by atoms with Crippen molar-refractivity contribution in [3.05, 3.63) is 0 Å². The van der Waals surface area contributed by atoms with Crippen molar-refractivity contribution in [2.24, 2.45) is 4.99 Å². The third kappa shape index (κ3) is 3.33. The van der Waals surface area contributed by atoms with Crippen LogP contribution in [0.5, 0.6) is 0 Å². The first-order valence-corrected chi connectivity index (χ1v) is 5.17. The summed E-state index contributed by atoms with van der Waals surface area (Å²) in [5.41, 5.74) is 0. The molecule has 1 heterocycles. The molecule has 1 fully saturated rings. The van der Waals surface area contributed by atoms with Crippen LogP contribution in [-0.2, 0) is 4.79 Å². The molecule has 1 atom stereocenters. The molecule has 0 amide bonds. The maximum atomic E-state index is 9.77. The quantitative estimate of drug-likeness (QED) is 0.378. The minimum atomic E-state index is 0.558. The first kappa shape index (κ1) is 11.0. The van der Waals surface area contributed by atoms with Crippen LogP contribution in [0.1, 0.15) is 32.6 Å². The lowest BCUT2D eigenvalue weighted by molar-refractivity contribution is 0.159. The summed E-state index contributed by atoms with van der Waals surface area (Å²) in [6, 6.07) is 3.01. The number of likely N-dealkylation sites (tertiary alicyclic amines) is 1. The van der Waals surface area contributed by atoms with Crippen molar-refractivity contribution < 1.29 is 4.79 Å². The van der Waals surface area contributed by atoms with Crippen LogP contribution in [0, 0.1) is 12.0 Å². The van der Waals surface area contributed by atoms with Gasteiger partial charge in [0.05, 0.1) is 0 Å². The molecular formula is C11H16N2O. The minimum Gasteiger partial charge on any atom is -0.300 e. The summed E-state index contributed by atoms with van der Waals surface area (Å²) >= 11 is 0. The highest BCUT2D eigenvalue weighted by Gasteiger charge is 2.19. The first-order valence-electron chi connectivity index (χ1n) is 5.17. The van der Waals surface area contributed by atoms with Crippen molar-refractivity contribution in [1.29, 1.82) is 0 Å². The second-order valence-corrected chi connectivity index (χ2v) is 3.47. The first-order chi connectivity index (χ1) is 6.88. The zero-order chi connectivity index (χ0) is 10.2. The molecule has 0 radical (unpaired) electrons. The Morgan fingerprint density at radius 1 is 1.50 bits per heavy atom. The maximum Gasteiger partial charge on any atom is 0.249 e. The summed E-state index contributed by atoms with van der Waals surface area (Å²) in [6.45, 7) is 4.44. The van der Waals surface area contributed by atoms with Gasteiger partial charge in [0.25, 0.3) is 0 Å². The summed E-state index contributed by atoms with van der Waals surface area (Å²) in [5.74, 6) is 2.90. The predicted octanol–water partition coefficient (Wildman–Crippen LogP) is 1.55. The molecule has 0 bridgehead atoms. The highest BCUT2D eigenvalue weighted by atomic mass is 16.1. The average molecular weight is 192 g/mol. The van der Waals surface area contributed by atoms with E-state index in [1.165, 1.54) is 31.9 Å². The van der Waals surface area contributed by atoms with Crippen molar-refractivity contribution in [1.82, 2.24) is 4.90 Å². The van der Waals surface area contributed by atoms with Gasteiger partial charge in [-0.05, 0) is 25.9 Å². The molecule has 0 aliphatic carbocycles. The Bertz CT molecular complexity index is 271. The van der Waals surface area contributed by atoms with Crippen molar-refractivity contribution in [3.63, 3.8) is 0 Å². The van der Waals surface area contributed by atoms with Gasteiger partial charge in [-0.2, -0.15) is 0 Å². The van der Waals surface area contributed by atoms with E-state index >= 15 is 0 Å². The Kier molecular flexibility index (Phi) is 4.99. The number of piperidine rings is 1. The van der Waals surface area contributed by atoms with Gasteiger partial charge >= 0.3 is 0 Å². The molecule has 14 heavy (non-hydrogen) atoms. The van der Waals surface area contributed by atoms with Gasteiger partial charge in [0.1, 0.15) is 0 Å². The number of nitrogens with zero attached hydrogens (tertiary/aromatic N) is 2. The number of aliphatic imine (C=N–C) groups is 1. The van der Waals surface area contributed by atoms with Gasteiger partial charge in [-0.25, -0.2) is 4.79 Å². The van der Waals surface area contributed by atoms with Gasteiger partial charge in [0.2, 0.25) is 6.08 Å². The highest BCUT2D eigenvalue weighted by Crippen LogP contribution is 2.18. The second-order valence-electron chi connectivity index (χ2n) is 3.47. The predicted molar refractivity (Wildman–Crippen MR) is 55.4 cm³/mol. The molecule has 0 aromatic heterocycles. The summed E-state index contributed by atoms with van der Waals surface area (Å²) in [5, 5.41) is 0. The Labute approximate surface area is 85.2 Å². The van der Waals surface area contributed by atoms with Crippen molar-refractivity contribution in [2.75, 3.05) is 13.1 Å². The van der Waals surface area contributed by atoms with E-state index in [4.69, 9.17) is 0 Å². The Balaban J connectivity index is 2.41. The minimum absolute atomic E-state index is 0.558. The summed E-state index contributed by atoms with van der Waals surface area (Å²) in [6.07, 6.45) is 6.04. The lowest BCUT2D eigenvalue weighted by Crippen LogP contribution is -2.38. The lowest BCUT2D eigenvalue weighted by atomic mass is 10.00. The Morgan fingerprint density at radius 2 is 2.36 bits per heavy atom. The molecule has 1 aliphatic heterocycles. The molecule has 3 heteroatoms. The van der Waals surface area contributed by atoms with E-state index in [9.17, 15) is 4.79 Å². The summed E-state index contributed by atoms with van der Waals surface area (Å²) < 4.78 is 0. The summed E-state index contributed by atoms with van der Waals surface area (Å²) in [7, 11) is 0. The fraction of sp³-hybridized carbons (Fsp3) is 0.727. The number of hydrogen-bond donors (Lipinski definition) is 0. The van der Waals surface area contributed by atoms with E-state index in [0.29, 0.717) is 6.04 Å². The maximum absolute atomic E-state index is 9.77. The molecule has 3 nitrogen and oxygen atoms in total. The Hall–Kier alpha value is -1.10. The van der Waals surface area contributed by atoms with Crippen LogP contribution in [0.2, 0.25) is 0 Å². The molecule has 1 saturated heterocycles. The number of hydrogen-bond acceptors (Lipinski definition) is 3. The standard InChI is InChI=1S/C11H16N2O/c1-2-13-9-4-3-6-11(13)7-5-8-12-10-14/h11H,2-4,6-7,9H2,1H3. The molecule has 0 saturated carbocycles. The van der Waals surface area contributed by atoms with E-state index < -0.39 is 0 Å². The molecule has 76 valence electrons. The topological polar surface area (TPSA) is 32.7 Å². The van der Waals surface area contributed by atoms with Crippen LogP contribution in [0.4, 0.5) is 0 Å². The van der Waals surface area contributed by atoms with Crippen LogP contribution in [-0.4, -0.2) is 30.1 Å². The zero-order valence-corrected chi connectivity index (χ0v) is 8.62. The zero-order valence-electron chi connectivity index (χ0n) is 8.62. The van der Waals surface area contributed by atoms with Crippen LogP contribution >= 0.6 is 0 Å².